The summed E-state index contributed by atoms with van der Waals surface area (Å²) in [5, 5.41) is 3.68. The summed E-state index contributed by atoms with van der Waals surface area (Å²) in [7, 11) is 1.92. The molecule has 0 aliphatic carbocycles. The number of para-hydroxylation sites is 2. The molecular weight excluding hydrogens is 392 g/mol. The number of hydrogen-bond acceptors (Lipinski definition) is 5. The molecule has 0 radical (unpaired) electrons. The molecule has 1 heterocycles. The van der Waals surface area contributed by atoms with E-state index in [0.29, 0.717) is 17.1 Å². The number of ether oxygens (including phenoxy) is 1. The standard InChI is InChI=1S/C24H26N4O3/c1-16(25)24(17(2)26-19-9-5-4-6-10-19)27-22(29)15-31-23(30)13-18-14-28(3)21-12-8-7-11-20(18)21/h4-12,14H,13,15,25H2,1-3H3,(H,27,29). The Labute approximate surface area is 181 Å². The molecule has 3 N–H and O–H groups in total. The van der Waals surface area contributed by atoms with E-state index in [1.807, 2.05) is 72.4 Å². The first kappa shape index (κ1) is 21.8. The number of aromatic nitrogens is 1. The van der Waals surface area contributed by atoms with Gasteiger partial charge in [-0.05, 0) is 37.6 Å². The van der Waals surface area contributed by atoms with E-state index in [-0.39, 0.29) is 6.42 Å². The van der Waals surface area contributed by atoms with Crippen LogP contribution in [0.15, 0.2) is 77.2 Å². The lowest BCUT2D eigenvalue weighted by atomic mass is 10.1. The van der Waals surface area contributed by atoms with Crippen LogP contribution in [0.4, 0.5) is 5.69 Å². The molecule has 7 heteroatoms. The minimum atomic E-state index is -0.478. The molecule has 2 aromatic carbocycles. The number of rotatable bonds is 7. The summed E-state index contributed by atoms with van der Waals surface area (Å²) in [6, 6.07) is 17.2. The molecule has 0 atom stereocenters. The van der Waals surface area contributed by atoms with Crippen LogP contribution in [-0.4, -0.2) is 28.8 Å². The molecule has 0 saturated heterocycles. The summed E-state index contributed by atoms with van der Waals surface area (Å²) in [4.78, 5) is 29.1. The molecular formula is C24H26N4O3. The normalized spacial score (nSPS) is 12.4. The Morgan fingerprint density at radius 3 is 2.45 bits per heavy atom. The molecule has 0 aliphatic heterocycles. The predicted octanol–water partition coefficient (Wildman–Crippen LogP) is 3.36. The van der Waals surface area contributed by atoms with Crippen LogP contribution >= 0.6 is 0 Å². The molecule has 3 rings (SSSR count). The number of carbonyl (C=O) groups excluding carboxylic acids is 2. The molecule has 0 saturated carbocycles. The Balaban J connectivity index is 1.60. The fourth-order valence-corrected chi connectivity index (χ4v) is 3.32. The van der Waals surface area contributed by atoms with Crippen LogP contribution in [0, 0.1) is 0 Å². The SMILES string of the molecule is CC(=Nc1ccccc1)C(NC(=O)COC(=O)Cc1cn(C)c2ccccc12)=C(C)N. The highest BCUT2D eigenvalue weighted by Gasteiger charge is 2.15. The average molecular weight is 418 g/mol. The number of carbonyl (C=O) groups is 2. The van der Waals surface area contributed by atoms with Gasteiger partial charge < -0.3 is 20.4 Å². The van der Waals surface area contributed by atoms with E-state index in [4.69, 9.17) is 10.5 Å². The molecule has 0 aliphatic rings. The van der Waals surface area contributed by atoms with Gasteiger partial charge in [0.15, 0.2) is 6.61 Å². The summed E-state index contributed by atoms with van der Waals surface area (Å²) < 4.78 is 7.14. The van der Waals surface area contributed by atoms with E-state index in [9.17, 15) is 9.59 Å². The van der Waals surface area contributed by atoms with Crippen molar-refractivity contribution >= 4 is 34.2 Å². The van der Waals surface area contributed by atoms with Gasteiger partial charge >= 0.3 is 5.97 Å². The second kappa shape index (κ2) is 9.75. The number of hydrogen-bond donors (Lipinski definition) is 2. The number of nitrogens with zero attached hydrogens (tertiary/aromatic N) is 2. The number of fused-ring (bicyclic) bond motifs is 1. The number of nitrogens with two attached hydrogens (primary N) is 1. The molecule has 1 amide bonds. The first-order valence-corrected chi connectivity index (χ1v) is 9.90. The number of nitrogens with one attached hydrogen (secondary N) is 1. The van der Waals surface area contributed by atoms with Gasteiger partial charge in [-0.1, -0.05) is 36.4 Å². The van der Waals surface area contributed by atoms with Gasteiger partial charge in [0.25, 0.3) is 5.91 Å². The zero-order chi connectivity index (χ0) is 22.4. The van der Waals surface area contributed by atoms with Crippen molar-refractivity contribution in [1.29, 1.82) is 0 Å². The highest BCUT2D eigenvalue weighted by Crippen LogP contribution is 2.21. The Hall–Kier alpha value is -3.87. The number of esters is 1. The predicted molar refractivity (Wildman–Crippen MR) is 122 cm³/mol. The third kappa shape index (κ3) is 5.60. The van der Waals surface area contributed by atoms with Gasteiger partial charge in [0.2, 0.25) is 0 Å². The third-order valence-corrected chi connectivity index (χ3v) is 4.75. The van der Waals surface area contributed by atoms with Crippen LogP contribution in [0.5, 0.6) is 0 Å². The van der Waals surface area contributed by atoms with Crippen LogP contribution in [0.25, 0.3) is 10.9 Å². The lowest BCUT2D eigenvalue weighted by molar-refractivity contribution is -0.147. The van der Waals surface area contributed by atoms with Gasteiger partial charge in [-0.15, -0.1) is 0 Å². The molecule has 160 valence electrons. The van der Waals surface area contributed by atoms with Gasteiger partial charge in [-0.2, -0.15) is 0 Å². The summed E-state index contributed by atoms with van der Waals surface area (Å²) in [5.41, 5.74) is 9.93. The number of benzene rings is 2. The van der Waals surface area contributed by atoms with Crippen molar-refractivity contribution in [1.82, 2.24) is 9.88 Å². The van der Waals surface area contributed by atoms with E-state index in [2.05, 4.69) is 10.3 Å². The summed E-state index contributed by atoms with van der Waals surface area (Å²) in [6.45, 7) is 3.02. The molecule has 0 unspecified atom stereocenters. The molecule has 7 nitrogen and oxygen atoms in total. The maximum Gasteiger partial charge on any atom is 0.310 e. The van der Waals surface area contributed by atoms with Crippen molar-refractivity contribution in [2.75, 3.05) is 6.61 Å². The lowest BCUT2D eigenvalue weighted by Crippen LogP contribution is -2.32. The quantitative estimate of drug-likeness (QED) is 0.454. The highest BCUT2D eigenvalue weighted by atomic mass is 16.5. The Kier molecular flexibility index (Phi) is 6.87. The maximum absolute atomic E-state index is 12.4. The monoisotopic (exact) mass is 418 g/mol. The van der Waals surface area contributed by atoms with Gasteiger partial charge in [0.1, 0.15) is 0 Å². The first-order valence-electron chi connectivity index (χ1n) is 9.90. The summed E-state index contributed by atoms with van der Waals surface area (Å²) >= 11 is 0. The van der Waals surface area contributed by atoms with Gasteiger partial charge in [-0.3, -0.25) is 14.6 Å². The molecule has 0 bridgehead atoms. The topological polar surface area (TPSA) is 98.7 Å². The number of allylic oxidation sites excluding steroid dienone is 2. The summed E-state index contributed by atoms with van der Waals surface area (Å²) in [5.74, 6) is -0.954. The van der Waals surface area contributed by atoms with E-state index in [1.165, 1.54) is 0 Å². The van der Waals surface area contributed by atoms with Crippen molar-refractivity contribution in [3.63, 3.8) is 0 Å². The van der Waals surface area contributed by atoms with Crippen LogP contribution in [-0.2, 0) is 27.8 Å². The van der Waals surface area contributed by atoms with Crippen molar-refractivity contribution < 1.29 is 14.3 Å². The Bertz CT molecular complexity index is 1160. The molecule has 0 fully saturated rings. The average Bonchev–Trinajstić information content (AvgIpc) is 3.06. The zero-order valence-electron chi connectivity index (χ0n) is 17.9. The molecule has 31 heavy (non-hydrogen) atoms. The highest BCUT2D eigenvalue weighted by molar-refractivity contribution is 6.03. The van der Waals surface area contributed by atoms with Gasteiger partial charge in [0, 0.05) is 29.8 Å². The summed E-state index contributed by atoms with van der Waals surface area (Å²) in [6.07, 6.45) is 1.98. The second-order valence-electron chi connectivity index (χ2n) is 7.26. The fourth-order valence-electron chi connectivity index (χ4n) is 3.32. The number of aryl methyl sites for hydroxylation is 1. The van der Waals surface area contributed by atoms with Crippen LogP contribution in [0.2, 0.25) is 0 Å². The van der Waals surface area contributed by atoms with Crippen molar-refractivity contribution in [2.45, 2.75) is 20.3 Å². The first-order chi connectivity index (χ1) is 14.8. The third-order valence-electron chi connectivity index (χ3n) is 4.75. The molecule has 0 spiro atoms. The largest absolute Gasteiger partial charge is 0.455 e. The lowest BCUT2D eigenvalue weighted by Gasteiger charge is -2.12. The van der Waals surface area contributed by atoms with Gasteiger partial charge in [-0.25, -0.2) is 0 Å². The van der Waals surface area contributed by atoms with Crippen molar-refractivity contribution in [3.05, 3.63) is 77.8 Å². The van der Waals surface area contributed by atoms with Crippen LogP contribution in [0.1, 0.15) is 19.4 Å². The smallest absolute Gasteiger partial charge is 0.310 e. The minimum absolute atomic E-state index is 0.0851. The zero-order valence-corrected chi connectivity index (χ0v) is 17.9. The van der Waals surface area contributed by atoms with Gasteiger partial charge in [0.05, 0.1) is 23.5 Å². The fraction of sp³-hybridized carbons (Fsp3) is 0.208. The van der Waals surface area contributed by atoms with E-state index < -0.39 is 18.5 Å². The van der Waals surface area contributed by atoms with Crippen molar-refractivity contribution in [3.8, 4) is 0 Å². The number of amides is 1. The Morgan fingerprint density at radius 1 is 1.06 bits per heavy atom. The van der Waals surface area contributed by atoms with Crippen LogP contribution in [0.3, 0.4) is 0 Å². The van der Waals surface area contributed by atoms with E-state index in [0.717, 1.165) is 22.2 Å². The minimum Gasteiger partial charge on any atom is -0.455 e. The van der Waals surface area contributed by atoms with E-state index >= 15 is 0 Å². The second-order valence-corrected chi connectivity index (χ2v) is 7.26. The number of aliphatic imine (C=N–C) groups is 1. The van der Waals surface area contributed by atoms with Crippen molar-refractivity contribution in [2.24, 2.45) is 17.8 Å². The molecule has 3 aromatic rings. The molecule has 1 aromatic heterocycles. The van der Waals surface area contributed by atoms with Crippen LogP contribution < -0.4 is 11.1 Å². The Morgan fingerprint density at radius 2 is 1.74 bits per heavy atom. The van der Waals surface area contributed by atoms with E-state index in [1.54, 1.807) is 13.8 Å². The maximum atomic E-state index is 12.4.